The van der Waals surface area contributed by atoms with Gasteiger partial charge in [-0.15, -0.1) is 11.8 Å². The van der Waals surface area contributed by atoms with Gasteiger partial charge in [0.05, 0.1) is 5.75 Å². The number of sulfonamides is 1. The Morgan fingerprint density at radius 1 is 1.13 bits per heavy atom. The number of piperidine rings is 1. The topological polar surface area (TPSA) is 66.5 Å². The molecule has 0 spiro atoms. The van der Waals surface area contributed by atoms with Crippen molar-refractivity contribution in [2.24, 2.45) is 5.92 Å². The van der Waals surface area contributed by atoms with Gasteiger partial charge in [-0.1, -0.05) is 47.5 Å². The van der Waals surface area contributed by atoms with Crippen LogP contribution in [-0.2, 0) is 20.6 Å². The molecule has 2 aromatic carbocycles. The zero-order valence-corrected chi connectivity index (χ0v) is 19.4. The number of carbonyl (C=O) groups is 1. The van der Waals surface area contributed by atoms with Crippen molar-refractivity contribution in [2.45, 2.75) is 30.4 Å². The first-order valence-electron chi connectivity index (χ1n) is 10.0. The average molecular weight is 467 g/mol. The van der Waals surface area contributed by atoms with Crippen LogP contribution in [0.15, 0.2) is 53.4 Å². The van der Waals surface area contributed by atoms with Crippen molar-refractivity contribution in [1.29, 1.82) is 0 Å². The third-order valence-corrected chi connectivity index (χ3v) is 8.42. The third-order valence-electron chi connectivity index (χ3n) is 5.20. The smallest absolute Gasteiger partial charge is 0.223 e. The van der Waals surface area contributed by atoms with Crippen LogP contribution in [0.3, 0.4) is 0 Å². The van der Waals surface area contributed by atoms with Crippen LogP contribution in [0.25, 0.3) is 0 Å². The van der Waals surface area contributed by atoms with Gasteiger partial charge in [0.25, 0.3) is 0 Å². The lowest BCUT2D eigenvalue weighted by atomic mass is 9.97. The molecule has 1 fully saturated rings. The van der Waals surface area contributed by atoms with E-state index >= 15 is 0 Å². The second kappa shape index (κ2) is 10.7. The van der Waals surface area contributed by atoms with E-state index in [1.165, 1.54) is 14.8 Å². The number of carbonyl (C=O) groups excluding carboxylic acids is 1. The molecule has 0 atom stereocenters. The van der Waals surface area contributed by atoms with Crippen molar-refractivity contribution in [3.05, 3.63) is 64.7 Å². The van der Waals surface area contributed by atoms with Crippen LogP contribution in [0.5, 0.6) is 0 Å². The SMILES string of the molecule is Cc1ccc(SCCNC(=O)C2CCN(S(=O)(=O)Cc3ccccc3Cl)CC2)cc1. The second-order valence-corrected chi connectivity index (χ2v) is 11.0. The van der Waals surface area contributed by atoms with Crippen molar-refractivity contribution in [3.63, 3.8) is 0 Å². The number of benzene rings is 2. The minimum absolute atomic E-state index is 0.0163. The largest absolute Gasteiger partial charge is 0.355 e. The molecule has 1 aliphatic rings. The molecular formula is C22H27ClN2O3S2. The van der Waals surface area contributed by atoms with Crippen molar-refractivity contribution >= 4 is 39.3 Å². The predicted octanol–water partition coefficient (Wildman–Crippen LogP) is 4.10. The van der Waals surface area contributed by atoms with Gasteiger partial charge in [0.1, 0.15) is 0 Å². The number of aryl methyl sites for hydroxylation is 1. The van der Waals surface area contributed by atoms with Gasteiger partial charge in [-0.25, -0.2) is 12.7 Å². The number of amides is 1. The van der Waals surface area contributed by atoms with E-state index in [4.69, 9.17) is 11.6 Å². The molecule has 5 nitrogen and oxygen atoms in total. The fourth-order valence-electron chi connectivity index (χ4n) is 3.42. The lowest BCUT2D eigenvalue weighted by Gasteiger charge is -2.30. The Morgan fingerprint density at radius 2 is 1.80 bits per heavy atom. The Hall–Kier alpha value is -1.54. The lowest BCUT2D eigenvalue weighted by Crippen LogP contribution is -2.43. The summed E-state index contributed by atoms with van der Waals surface area (Å²) in [5.74, 6) is 0.573. The van der Waals surface area contributed by atoms with E-state index in [-0.39, 0.29) is 17.6 Å². The van der Waals surface area contributed by atoms with E-state index in [2.05, 4.69) is 36.5 Å². The van der Waals surface area contributed by atoms with Crippen LogP contribution < -0.4 is 5.32 Å². The summed E-state index contributed by atoms with van der Waals surface area (Å²) in [6, 6.07) is 15.3. The van der Waals surface area contributed by atoms with Crippen LogP contribution in [0, 0.1) is 12.8 Å². The molecule has 0 aromatic heterocycles. The maximum absolute atomic E-state index is 12.7. The second-order valence-electron chi connectivity index (χ2n) is 7.47. The summed E-state index contributed by atoms with van der Waals surface area (Å²) in [4.78, 5) is 13.6. The van der Waals surface area contributed by atoms with Crippen molar-refractivity contribution < 1.29 is 13.2 Å². The highest BCUT2D eigenvalue weighted by Crippen LogP contribution is 2.24. The molecule has 0 bridgehead atoms. The monoisotopic (exact) mass is 466 g/mol. The highest BCUT2D eigenvalue weighted by atomic mass is 35.5. The minimum atomic E-state index is -3.45. The number of hydrogen-bond acceptors (Lipinski definition) is 4. The first-order chi connectivity index (χ1) is 14.3. The quantitative estimate of drug-likeness (QED) is 0.470. The molecule has 0 radical (unpaired) electrons. The molecule has 1 saturated heterocycles. The van der Waals surface area contributed by atoms with Crippen LogP contribution in [0.4, 0.5) is 0 Å². The normalized spacial score (nSPS) is 15.8. The zero-order chi connectivity index (χ0) is 21.6. The number of nitrogens with zero attached hydrogens (tertiary/aromatic N) is 1. The zero-order valence-electron chi connectivity index (χ0n) is 17.0. The summed E-state index contributed by atoms with van der Waals surface area (Å²) in [6.07, 6.45) is 1.08. The van der Waals surface area contributed by atoms with E-state index in [0.717, 1.165) is 5.75 Å². The van der Waals surface area contributed by atoms with Crippen molar-refractivity contribution in [3.8, 4) is 0 Å². The van der Waals surface area contributed by atoms with Gasteiger partial charge in [0.15, 0.2) is 0 Å². The Morgan fingerprint density at radius 3 is 2.47 bits per heavy atom. The van der Waals surface area contributed by atoms with Crippen LogP contribution in [0.1, 0.15) is 24.0 Å². The predicted molar refractivity (Wildman–Crippen MR) is 123 cm³/mol. The Balaban J connectivity index is 1.41. The van der Waals surface area contributed by atoms with Crippen molar-refractivity contribution in [2.75, 3.05) is 25.4 Å². The molecule has 2 aromatic rings. The number of thioether (sulfide) groups is 1. The summed E-state index contributed by atoms with van der Waals surface area (Å²) < 4.78 is 26.9. The summed E-state index contributed by atoms with van der Waals surface area (Å²) in [5, 5.41) is 3.45. The maximum Gasteiger partial charge on any atom is 0.223 e. The van der Waals surface area contributed by atoms with Crippen molar-refractivity contribution in [1.82, 2.24) is 9.62 Å². The lowest BCUT2D eigenvalue weighted by molar-refractivity contribution is -0.125. The van der Waals surface area contributed by atoms with Gasteiger partial charge in [0.2, 0.25) is 15.9 Å². The van der Waals surface area contributed by atoms with E-state index in [1.54, 1.807) is 36.0 Å². The van der Waals surface area contributed by atoms with Gasteiger partial charge < -0.3 is 5.32 Å². The first kappa shape index (κ1) is 23.1. The molecule has 1 amide bonds. The molecule has 0 saturated carbocycles. The molecule has 3 rings (SSSR count). The van der Waals surface area contributed by atoms with Gasteiger partial charge in [-0.3, -0.25) is 4.79 Å². The molecule has 30 heavy (non-hydrogen) atoms. The molecule has 1 N–H and O–H groups in total. The number of hydrogen-bond donors (Lipinski definition) is 1. The standard InChI is InChI=1S/C22H27ClN2O3S2/c1-17-6-8-20(9-7-17)29-15-12-24-22(26)18-10-13-25(14-11-18)30(27,28)16-19-4-2-3-5-21(19)23/h2-9,18H,10-16H2,1H3,(H,24,26). The van der Waals surface area contributed by atoms with Gasteiger partial charge in [-0.2, -0.15) is 0 Å². The molecule has 0 unspecified atom stereocenters. The fourth-order valence-corrected chi connectivity index (χ4v) is 6.07. The first-order valence-corrected chi connectivity index (χ1v) is 13.0. The van der Waals surface area contributed by atoms with Gasteiger partial charge in [-0.05, 0) is 43.5 Å². The number of rotatable bonds is 8. The van der Waals surface area contributed by atoms with Crippen LogP contribution >= 0.6 is 23.4 Å². The van der Waals surface area contributed by atoms with E-state index < -0.39 is 10.0 Å². The van der Waals surface area contributed by atoms with Gasteiger partial charge in [0, 0.05) is 41.2 Å². The summed E-state index contributed by atoms with van der Waals surface area (Å²) in [5.41, 5.74) is 1.83. The molecule has 1 heterocycles. The maximum atomic E-state index is 12.7. The Kier molecular flexibility index (Phi) is 8.22. The van der Waals surface area contributed by atoms with E-state index in [0.29, 0.717) is 43.1 Å². The fraction of sp³-hybridized carbons (Fsp3) is 0.409. The average Bonchev–Trinajstić information content (AvgIpc) is 2.74. The molecule has 0 aliphatic carbocycles. The highest BCUT2D eigenvalue weighted by molar-refractivity contribution is 7.99. The number of halogens is 1. The number of nitrogens with one attached hydrogen (secondary N) is 1. The minimum Gasteiger partial charge on any atom is -0.355 e. The Bertz CT molecular complexity index is 957. The molecular weight excluding hydrogens is 440 g/mol. The summed E-state index contributed by atoms with van der Waals surface area (Å²) in [7, 11) is -3.45. The third kappa shape index (κ3) is 6.48. The van der Waals surface area contributed by atoms with Crippen LogP contribution in [-0.4, -0.2) is 44.0 Å². The van der Waals surface area contributed by atoms with Gasteiger partial charge >= 0.3 is 0 Å². The molecule has 1 aliphatic heterocycles. The summed E-state index contributed by atoms with van der Waals surface area (Å²) >= 11 is 7.81. The summed E-state index contributed by atoms with van der Waals surface area (Å²) in [6.45, 7) is 3.39. The van der Waals surface area contributed by atoms with E-state index in [1.807, 2.05) is 0 Å². The molecule has 8 heteroatoms. The van der Waals surface area contributed by atoms with Crippen LogP contribution in [0.2, 0.25) is 5.02 Å². The Labute approximate surface area is 188 Å². The molecule has 162 valence electrons. The van der Waals surface area contributed by atoms with E-state index in [9.17, 15) is 13.2 Å². The highest BCUT2D eigenvalue weighted by Gasteiger charge is 2.31.